The van der Waals surface area contributed by atoms with E-state index in [9.17, 15) is 0 Å². The van der Waals surface area contributed by atoms with E-state index in [1.165, 1.54) is 17.5 Å². The summed E-state index contributed by atoms with van der Waals surface area (Å²) >= 11 is 0. The molecule has 0 unspecified atom stereocenters. The molecule has 0 spiro atoms. The maximum absolute atomic E-state index is 5.76. The van der Waals surface area contributed by atoms with Gasteiger partial charge in [-0.15, -0.1) is 0 Å². The molecule has 0 aliphatic rings. The van der Waals surface area contributed by atoms with Crippen molar-refractivity contribution in [2.75, 3.05) is 6.54 Å². The molecule has 0 aromatic heterocycles. The van der Waals surface area contributed by atoms with Gasteiger partial charge in [-0.3, -0.25) is 4.90 Å². The number of nitrogens with two attached hydrogens (primary N) is 1. The molecule has 0 aliphatic heterocycles. The molecule has 0 saturated carbocycles. The lowest BCUT2D eigenvalue weighted by Crippen LogP contribution is -2.31. The van der Waals surface area contributed by atoms with Gasteiger partial charge in [0.05, 0.1) is 0 Å². The summed E-state index contributed by atoms with van der Waals surface area (Å²) in [6, 6.07) is 9.06. The first-order valence-electron chi connectivity index (χ1n) is 6.20. The van der Waals surface area contributed by atoms with Crippen LogP contribution in [0.15, 0.2) is 24.3 Å². The van der Waals surface area contributed by atoms with E-state index in [4.69, 9.17) is 5.73 Å². The highest BCUT2D eigenvalue weighted by molar-refractivity contribution is 5.26. The van der Waals surface area contributed by atoms with Crippen LogP contribution in [0.25, 0.3) is 0 Å². The third kappa shape index (κ3) is 3.62. The second-order valence-corrected chi connectivity index (χ2v) is 4.54. The van der Waals surface area contributed by atoms with Crippen LogP contribution in [-0.2, 0) is 13.1 Å². The number of nitrogens with zero attached hydrogens (tertiary/aromatic N) is 1. The Hall–Kier alpha value is -0.860. The lowest BCUT2D eigenvalue weighted by atomic mass is 10.1. The van der Waals surface area contributed by atoms with E-state index in [1.54, 1.807) is 0 Å². The van der Waals surface area contributed by atoms with Crippen LogP contribution >= 0.6 is 0 Å². The summed E-state index contributed by atoms with van der Waals surface area (Å²) in [4.78, 5) is 2.49. The summed E-state index contributed by atoms with van der Waals surface area (Å²) in [5.41, 5.74) is 8.39. The number of hydrogen-bond donors (Lipinski definition) is 1. The van der Waals surface area contributed by atoms with Crippen molar-refractivity contribution >= 4 is 0 Å². The topological polar surface area (TPSA) is 29.3 Å². The van der Waals surface area contributed by atoms with Crippen LogP contribution < -0.4 is 5.73 Å². The van der Waals surface area contributed by atoms with Crippen molar-refractivity contribution in [3.05, 3.63) is 35.4 Å². The number of rotatable bonds is 6. The van der Waals surface area contributed by atoms with Crippen LogP contribution in [-0.4, -0.2) is 17.5 Å². The van der Waals surface area contributed by atoms with Gasteiger partial charge in [0.2, 0.25) is 0 Å². The van der Waals surface area contributed by atoms with Gasteiger partial charge < -0.3 is 5.73 Å². The van der Waals surface area contributed by atoms with Crippen molar-refractivity contribution in [1.29, 1.82) is 0 Å². The summed E-state index contributed by atoms with van der Waals surface area (Å²) in [7, 11) is 0. The zero-order valence-corrected chi connectivity index (χ0v) is 10.7. The largest absolute Gasteiger partial charge is 0.326 e. The molecule has 0 atom stereocenters. The Morgan fingerprint density at radius 1 is 1.19 bits per heavy atom. The van der Waals surface area contributed by atoms with Gasteiger partial charge in [-0.05, 0) is 37.9 Å². The molecular formula is C14H24N2. The van der Waals surface area contributed by atoms with Gasteiger partial charge in [-0.25, -0.2) is 0 Å². The van der Waals surface area contributed by atoms with Crippen molar-refractivity contribution in [3.8, 4) is 0 Å². The molecule has 0 fully saturated rings. The van der Waals surface area contributed by atoms with Crippen molar-refractivity contribution in [3.63, 3.8) is 0 Å². The maximum atomic E-state index is 5.76. The fourth-order valence-electron chi connectivity index (χ4n) is 1.94. The first-order chi connectivity index (χ1) is 7.69. The fourth-order valence-corrected chi connectivity index (χ4v) is 1.94. The van der Waals surface area contributed by atoms with Crippen LogP contribution in [0.2, 0.25) is 0 Å². The van der Waals surface area contributed by atoms with Crippen LogP contribution in [0, 0.1) is 0 Å². The summed E-state index contributed by atoms with van der Waals surface area (Å²) in [6.07, 6.45) is 1.20. The van der Waals surface area contributed by atoms with Crippen molar-refractivity contribution in [2.45, 2.75) is 46.3 Å². The highest BCUT2D eigenvalue weighted by atomic mass is 15.1. The van der Waals surface area contributed by atoms with E-state index in [1.807, 2.05) is 0 Å². The lowest BCUT2D eigenvalue weighted by molar-refractivity contribution is 0.213. The first kappa shape index (κ1) is 13.2. The predicted molar refractivity (Wildman–Crippen MR) is 70.2 cm³/mol. The van der Waals surface area contributed by atoms with Crippen LogP contribution in [0.4, 0.5) is 0 Å². The Bertz CT molecular complexity index is 307. The average molecular weight is 220 g/mol. The predicted octanol–water partition coefficient (Wildman–Crippen LogP) is 2.77. The second kappa shape index (κ2) is 6.66. The van der Waals surface area contributed by atoms with Crippen molar-refractivity contribution in [1.82, 2.24) is 4.90 Å². The zero-order chi connectivity index (χ0) is 12.0. The van der Waals surface area contributed by atoms with Gasteiger partial charge in [0.15, 0.2) is 0 Å². The average Bonchev–Trinajstić information content (AvgIpc) is 2.29. The molecule has 0 amide bonds. The molecule has 0 saturated heterocycles. The summed E-state index contributed by atoms with van der Waals surface area (Å²) in [5.74, 6) is 0. The normalized spacial score (nSPS) is 11.4. The molecule has 0 radical (unpaired) electrons. The van der Waals surface area contributed by atoms with Crippen LogP contribution in [0.3, 0.4) is 0 Å². The molecule has 2 nitrogen and oxygen atoms in total. The monoisotopic (exact) mass is 220 g/mol. The highest BCUT2D eigenvalue weighted by Crippen LogP contribution is 2.13. The zero-order valence-electron chi connectivity index (χ0n) is 10.7. The molecule has 1 aromatic carbocycles. The first-order valence-corrected chi connectivity index (χ1v) is 6.20. The van der Waals surface area contributed by atoms with E-state index in [2.05, 4.69) is 49.9 Å². The Morgan fingerprint density at radius 3 is 2.31 bits per heavy atom. The van der Waals surface area contributed by atoms with E-state index in [-0.39, 0.29) is 0 Å². The van der Waals surface area contributed by atoms with Gasteiger partial charge in [0.1, 0.15) is 0 Å². The summed E-state index contributed by atoms with van der Waals surface area (Å²) in [5, 5.41) is 0. The van der Waals surface area contributed by atoms with Gasteiger partial charge in [0, 0.05) is 19.1 Å². The van der Waals surface area contributed by atoms with Gasteiger partial charge in [-0.1, -0.05) is 31.2 Å². The third-order valence-electron chi connectivity index (χ3n) is 2.95. The van der Waals surface area contributed by atoms with E-state index < -0.39 is 0 Å². The van der Waals surface area contributed by atoms with Crippen LogP contribution in [0.1, 0.15) is 38.3 Å². The number of hydrogen-bond acceptors (Lipinski definition) is 2. The molecular weight excluding hydrogens is 196 g/mol. The van der Waals surface area contributed by atoms with E-state index >= 15 is 0 Å². The van der Waals surface area contributed by atoms with E-state index in [0.29, 0.717) is 12.6 Å². The molecule has 2 heteroatoms. The number of benzene rings is 1. The molecule has 2 N–H and O–H groups in total. The molecule has 1 aromatic rings. The smallest absolute Gasteiger partial charge is 0.0239 e. The van der Waals surface area contributed by atoms with Gasteiger partial charge >= 0.3 is 0 Å². The SMILES string of the molecule is CCCN(Cc1ccccc1CN)C(C)C. The third-order valence-corrected chi connectivity index (χ3v) is 2.95. The minimum absolute atomic E-state index is 0.589. The molecule has 0 heterocycles. The molecule has 0 aliphatic carbocycles. The minimum atomic E-state index is 0.589. The quantitative estimate of drug-likeness (QED) is 0.798. The lowest BCUT2D eigenvalue weighted by Gasteiger charge is -2.26. The van der Waals surface area contributed by atoms with Crippen LogP contribution in [0.5, 0.6) is 0 Å². The molecule has 0 bridgehead atoms. The summed E-state index contributed by atoms with van der Waals surface area (Å²) < 4.78 is 0. The molecule has 1 rings (SSSR count). The Balaban J connectivity index is 2.76. The maximum Gasteiger partial charge on any atom is 0.0239 e. The van der Waals surface area contributed by atoms with Crippen molar-refractivity contribution < 1.29 is 0 Å². The summed E-state index contributed by atoms with van der Waals surface area (Å²) in [6.45, 7) is 9.52. The van der Waals surface area contributed by atoms with E-state index in [0.717, 1.165) is 13.1 Å². The fraction of sp³-hybridized carbons (Fsp3) is 0.571. The second-order valence-electron chi connectivity index (χ2n) is 4.54. The standard InChI is InChI=1S/C14H24N2/c1-4-9-16(12(2)3)11-14-8-6-5-7-13(14)10-15/h5-8,12H,4,9-11,15H2,1-3H3. The highest BCUT2D eigenvalue weighted by Gasteiger charge is 2.10. The molecule has 16 heavy (non-hydrogen) atoms. The van der Waals surface area contributed by atoms with Gasteiger partial charge in [0.25, 0.3) is 0 Å². The van der Waals surface area contributed by atoms with Gasteiger partial charge in [-0.2, -0.15) is 0 Å². The Labute approximate surface area is 99.5 Å². The molecule has 90 valence electrons. The minimum Gasteiger partial charge on any atom is -0.326 e. The Kier molecular flexibility index (Phi) is 5.50. The van der Waals surface area contributed by atoms with Crippen molar-refractivity contribution in [2.24, 2.45) is 5.73 Å². The Morgan fingerprint density at radius 2 is 1.81 bits per heavy atom.